The number of cyclic esters (lactones) is 1. The summed E-state index contributed by atoms with van der Waals surface area (Å²) in [7, 11) is 0. The van der Waals surface area contributed by atoms with Crippen molar-refractivity contribution in [2.24, 2.45) is 5.16 Å². The zero-order valence-electron chi connectivity index (χ0n) is 9.18. The van der Waals surface area contributed by atoms with Crippen molar-refractivity contribution in [2.75, 3.05) is 6.54 Å². The molecule has 0 spiro atoms. The van der Waals surface area contributed by atoms with Crippen LogP contribution >= 0.6 is 0 Å². The Morgan fingerprint density at radius 2 is 2.41 bits per heavy atom. The van der Waals surface area contributed by atoms with Crippen molar-refractivity contribution < 1.29 is 14.4 Å². The number of hydrogen-bond donors (Lipinski definition) is 1. The number of benzene rings is 1. The molecule has 5 heteroatoms. The maximum absolute atomic E-state index is 10.9. The Hall–Kier alpha value is -2.04. The SMILES string of the molecule is O=C1NC[C@H](Cc2cccc3c2ON=CC3)O1. The molecule has 0 unspecified atom stereocenters. The number of alkyl carbamates (subject to hydrolysis) is 1. The number of hydrogen-bond acceptors (Lipinski definition) is 4. The van der Waals surface area contributed by atoms with E-state index >= 15 is 0 Å². The zero-order chi connectivity index (χ0) is 11.7. The van der Waals surface area contributed by atoms with E-state index in [0.29, 0.717) is 13.0 Å². The third-order valence-corrected chi connectivity index (χ3v) is 2.90. The van der Waals surface area contributed by atoms with Crippen molar-refractivity contribution in [1.29, 1.82) is 0 Å². The third kappa shape index (κ3) is 1.95. The Morgan fingerprint density at radius 3 is 3.24 bits per heavy atom. The van der Waals surface area contributed by atoms with E-state index < -0.39 is 0 Å². The molecule has 1 N–H and O–H groups in total. The summed E-state index contributed by atoms with van der Waals surface area (Å²) < 4.78 is 5.11. The number of rotatable bonds is 2. The van der Waals surface area contributed by atoms with E-state index in [-0.39, 0.29) is 12.2 Å². The fraction of sp³-hybridized carbons (Fsp3) is 0.333. The van der Waals surface area contributed by atoms with Gasteiger partial charge in [0, 0.05) is 30.2 Å². The average molecular weight is 232 g/mol. The van der Waals surface area contributed by atoms with Gasteiger partial charge >= 0.3 is 6.09 Å². The molecular weight excluding hydrogens is 220 g/mol. The normalized spacial score (nSPS) is 21.4. The lowest BCUT2D eigenvalue weighted by Crippen LogP contribution is -2.17. The molecule has 1 aromatic rings. The van der Waals surface area contributed by atoms with Crippen molar-refractivity contribution in [3.63, 3.8) is 0 Å². The minimum absolute atomic E-state index is 0.122. The van der Waals surface area contributed by atoms with Crippen LogP contribution in [0, 0.1) is 0 Å². The Balaban J connectivity index is 1.82. The molecule has 3 rings (SSSR count). The van der Waals surface area contributed by atoms with E-state index in [9.17, 15) is 4.79 Å². The number of carbonyl (C=O) groups excluding carboxylic acids is 1. The predicted molar refractivity (Wildman–Crippen MR) is 61.2 cm³/mol. The predicted octanol–water partition coefficient (Wildman–Crippen LogP) is 1.26. The van der Waals surface area contributed by atoms with Crippen molar-refractivity contribution in [3.8, 4) is 5.75 Å². The van der Waals surface area contributed by atoms with Gasteiger partial charge in [-0.15, -0.1) is 0 Å². The molecule has 0 aliphatic carbocycles. The zero-order valence-corrected chi connectivity index (χ0v) is 9.18. The highest BCUT2D eigenvalue weighted by molar-refractivity contribution is 5.69. The van der Waals surface area contributed by atoms with Crippen LogP contribution in [-0.4, -0.2) is 25.0 Å². The highest BCUT2D eigenvalue weighted by atomic mass is 16.6. The van der Waals surface area contributed by atoms with Gasteiger partial charge in [0.25, 0.3) is 0 Å². The quantitative estimate of drug-likeness (QED) is 0.835. The molecule has 2 aliphatic rings. The number of nitrogens with one attached hydrogen (secondary N) is 1. The summed E-state index contributed by atoms with van der Waals surface area (Å²) >= 11 is 0. The maximum atomic E-state index is 10.9. The molecule has 0 saturated carbocycles. The molecule has 2 heterocycles. The highest BCUT2D eigenvalue weighted by Gasteiger charge is 2.25. The number of oxime groups is 1. The first-order valence-corrected chi connectivity index (χ1v) is 5.57. The van der Waals surface area contributed by atoms with Crippen LogP contribution in [0.4, 0.5) is 4.79 Å². The Kier molecular flexibility index (Phi) is 2.44. The van der Waals surface area contributed by atoms with Gasteiger partial charge in [-0.1, -0.05) is 23.4 Å². The molecule has 0 aromatic heterocycles. The number of amides is 1. The van der Waals surface area contributed by atoms with Crippen molar-refractivity contribution >= 4 is 12.3 Å². The van der Waals surface area contributed by atoms with E-state index in [1.54, 1.807) is 6.21 Å². The van der Waals surface area contributed by atoms with Crippen LogP contribution in [0.2, 0.25) is 0 Å². The van der Waals surface area contributed by atoms with Gasteiger partial charge in [0.15, 0.2) is 5.75 Å². The van der Waals surface area contributed by atoms with E-state index in [2.05, 4.69) is 10.5 Å². The molecular formula is C12H12N2O3. The summed E-state index contributed by atoms with van der Waals surface area (Å²) in [6.45, 7) is 0.547. The Labute approximate surface area is 98.4 Å². The van der Waals surface area contributed by atoms with E-state index in [4.69, 9.17) is 9.57 Å². The van der Waals surface area contributed by atoms with Gasteiger partial charge in [0.05, 0.1) is 6.54 Å². The molecule has 5 nitrogen and oxygen atoms in total. The van der Waals surface area contributed by atoms with Gasteiger partial charge in [0.2, 0.25) is 0 Å². The first-order valence-electron chi connectivity index (χ1n) is 5.57. The smallest absolute Gasteiger partial charge is 0.407 e. The Bertz CT molecular complexity index is 485. The second-order valence-corrected chi connectivity index (χ2v) is 4.10. The maximum Gasteiger partial charge on any atom is 0.407 e. The molecule has 17 heavy (non-hydrogen) atoms. The largest absolute Gasteiger partial charge is 0.444 e. The van der Waals surface area contributed by atoms with Gasteiger partial charge in [-0.3, -0.25) is 0 Å². The van der Waals surface area contributed by atoms with Crippen LogP contribution in [0.1, 0.15) is 11.1 Å². The molecule has 1 atom stereocenters. The van der Waals surface area contributed by atoms with E-state index in [1.807, 2.05) is 18.2 Å². The number of ether oxygens (including phenoxy) is 1. The summed E-state index contributed by atoms with van der Waals surface area (Å²) in [6, 6.07) is 5.98. The second kappa shape index (κ2) is 4.08. The lowest BCUT2D eigenvalue weighted by Gasteiger charge is -2.15. The topological polar surface area (TPSA) is 59.9 Å². The van der Waals surface area contributed by atoms with Gasteiger partial charge in [-0.05, 0) is 0 Å². The van der Waals surface area contributed by atoms with Gasteiger partial charge < -0.3 is 14.9 Å². The third-order valence-electron chi connectivity index (χ3n) is 2.90. The number of nitrogens with zero attached hydrogens (tertiary/aromatic N) is 1. The van der Waals surface area contributed by atoms with Gasteiger partial charge in [-0.25, -0.2) is 4.79 Å². The number of carbonyl (C=O) groups is 1. The number of para-hydroxylation sites is 1. The molecule has 0 radical (unpaired) electrons. The molecule has 1 amide bonds. The lowest BCUT2D eigenvalue weighted by atomic mass is 10.0. The summed E-state index contributed by atoms with van der Waals surface area (Å²) in [5.74, 6) is 0.804. The summed E-state index contributed by atoms with van der Waals surface area (Å²) in [5, 5.41) is 6.46. The molecule has 0 bridgehead atoms. The van der Waals surface area contributed by atoms with Crippen molar-refractivity contribution in [2.45, 2.75) is 18.9 Å². The van der Waals surface area contributed by atoms with Crippen LogP contribution in [0.25, 0.3) is 0 Å². The van der Waals surface area contributed by atoms with Crippen molar-refractivity contribution in [3.05, 3.63) is 29.3 Å². The number of fused-ring (bicyclic) bond motifs is 1. The molecule has 1 fully saturated rings. The Morgan fingerprint density at radius 1 is 1.47 bits per heavy atom. The summed E-state index contributed by atoms with van der Waals surface area (Å²) in [4.78, 5) is 16.2. The second-order valence-electron chi connectivity index (χ2n) is 4.10. The summed E-state index contributed by atoms with van der Waals surface area (Å²) in [6.07, 6.45) is 2.70. The van der Waals surface area contributed by atoms with Crippen LogP contribution in [0.3, 0.4) is 0 Å². The van der Waals surface area contributed by atoms with Crippen LogP contribution in [0.5, 0.6) is 5.75 Å². The highest BCUT2D eigenvalue weighted by Crippen LogP contribution is 2.28. The summed E-state index contributed by atoms with van der Waals surface area (Å²) in [5.41, 5.74) is 2.15. The van der Waals surface area contributed by atoms with Crippen LogP contribution in [0.15, 0.2) is 23.4 Å². The van der Waals surface area contributed by atoms with E-state index in [0.717, 1.165) is 23.3 Å². The first-order chi connectivity index (χ1) is 8.33. The van der Waals surface area contributed by atoms with Crippen LogP contribution in [-0.2, 0) is 17.6 Å². The standard InChI is InChI=1S/C12H12N2O3/c15-12-13-7-10(16-12)6-9-3-1-2-8-4-5-14-17-11(8)9/h1-3,5,10H,4,6-7H2,(H,13,15)/t10-/m0/s1. The minimum Gasteiger partial charge on any atom is -0.444 e. The monoisotopic (exact) mass is 232 g/mol. The molecule has 1 aromatic carbocycles. The minimum atomic E-state index is -0.348. The van der Waals surface area contributed by atoms with Gasteiger partial charge in [-0.2, -0.15) is 0 Å². The fourth-order valence-electron chi connectivity index (χ4n) is 2.09. The first kappa shape index (κ1) is 10.1. The molecule has 2 aliphatic heterocycles. The average Bonchev–Trinajstić information content (AvgIpc) is 2.75. The van der Waals surface area contributed by atoms with Gasteiger partial charge in [0.1, 0.15) is 6.10 Å². The molecule has 88 valence electrons. The lowest BCUT2D eigenvalue weighted by molar-refractivity contribution is 0.140. The van der Waals surface area contributed by atoms with E-state index in [1.165, 1.54) is 0 Å². The molecule has 1 saturated heterocycles. The fourth-order valence-corrected chi connectivity index (χ4v) is 2.09. The van der Waals surface area contributed by atoms with Crippen molar-refractivity contribution in [1.82, 2.24) is 5.32 Å². The van der Waals surface area contributed by atoms with Crippen LogP contribution < -0.4 is 10.2 Å².